The Bertz CT molecular complexity index is 1880. The first-order valence-corrected chi connectivity index (χ1v) is 20.0. The summed E-state index contributed by atoms with van der Waals surface area (Å²) >= 11 is 0. The van der Waals surface area contributed by atoms with Gasteiger partial charge in [-0.15, -0.1) is 5.10 Å². The summed E-state index contributed by atoms with van der Waals surface area (Å²) in [4.78, 5) is 41.8. The van der Waals surface area contributed by atoms with Crippen molar-refractivity contribution < 1.29 is 24.2 Å². The van der Waals surface area contributed by atoms with Gasteiger partial charge in [0.15, 0.2) is 13.9 Å². The zero-order valence-corrected chi connectivity index (χ0v) is 29.1. The Hall–Kier alpha value is -4.49. The van der Waals surface area contributed by atoms with Crippen molar-refractivity contribution in [3.8, 4) is 0 Å². The van der Waals surface area contributed by atoms with Gasteiger partial charge in [0, 0.05) is 55.6 Å². The van der Waals surface area contributed by atoms with Crippen LogP contribution in [0.2, 0.25) is 18.6 Å². The van der Waals surface area contributed by atoms with Crippen LogP contribution in [0.5, 0.6) is 0 Å². The highest BCUT2D eigenvalue weighted by molar-refractivity contribution is 6.71. The second-order valence-electron chi connectivity index (χ2n) is 13.8. The SMILES string of the molecule is C[C@@H]1[C@@H]([Si](C)(C)O)[C@H](CCn2cc(CCO)nn2)O[C@@]12C(=O)N(Cc1ccccc1)c1ccc(N3N=C(c4ccccc4)CCC3=O)cc12. The van der Waals surface area contributed by atoms with E-state index in [4.69, 9.17) is 9.84 Å². The van der Waals surface area contributed by atoms with Crippen molar-refractivity contribution in [2.75, 3.05) is 16.5 Å². The second kappa shape index (κ2) is 13.1. The predicted octanol–water partition coefficient (Wildman–Crippen LogP) is 4.78. The summed E-state index contributed by atoms with van der Waals surface area (Å²) < 4.78 is 8.77. The monoisotopic (exact) mass is 678 g/mol. The van der Waals surface area contributed by atoms with Gasteiger partial charge in [0.1, 0.15) is 0 Å². The van der Waals surface area contributed by atoms with Gasteiger partial charge in [0.2, 0.25) is 5.91 Å². The molecular weight excluding hydrogens is 637 g/mol. The lowest BCUT2D eigenvalue weighted by Gasteiger charge is -2.32. The summed E-state index contributed by atoms with van der Waals surface area (Å²) in [6, 6.07) is 25.4. The van der Waals surface area contributed by atoms with Crippen LogP contribution in [0, 0.1) is 5.92 Å². The number of nitrogens with zero attached hydrogens (tertiary/aromatic N) is 6. The maximum atomic E-state index is 14.9. The van der Waals surface area contributed by atoms with Gasteiger partial charge in [-0.3, -0.25) is 14.3 Å². The number of aliphatic hydroxyl groups excluding tert-OH is 1. The first-order chi connectivity index (χ1) is 23.6. The number of aryl methyl sites for hydroxylation is 1. The van der Waals surface area contributed by atoms with E-state index in [0.29, 0.717) is 55.7 Å². The normalized spacial score (nSPS) is 23.8. The molecule has 11 nitrogen and oxygen atoms in total. The summed E-state index contributed by atoms with van der Waals surface area (Å²) in [7, 11) is -2.90. The summed E-state index contributed by atoms with van der Waals surface area (Å²) in [6.07, 6.45) is 3.16. The number of rotatable bonds is 10. The topological polar surface area (TPSA) is 133 Å². The third kappa shape index (κ3) is 6.03. The molecule has 2 amide bonds. The number of hydrazone groups is 1. The molecule has 49 heavy (non-hydrogen) atoms. The highest BCUT2D eigenvalue weighted by Crippen LogP contribution is 2.60. The molecule has 12 heteroatoms. The van der Waals surface area contributed by atoms with Crippen molar-refractivity contribution >= 4 is 37.2 Å². The van der Waals surface area contributed by atoms with Crippen molar-refractivity contribution in [1.82, 2.24) is 15.0 Å². The van der Waals surface area contributed by atoms with Gasteiger partial charge in [0.25, 0.3) is 5.91 Å². The van der Waals surface area contributed by atoms with E-state index < -0.39 is 20.0 Å². The van der Waals surface area contributed by atoms with E-state index in [1.165, 1.54) is 5.01 Å². The number of aromatic nitrogens is 3. The van der Waals surface area contributed by atoms with Gasteiger partial charge < -0.3 is 19.5 Å². The van der Waals surface area contributed by atoms with Crippen molar-refractivity contribution in [3.63, 3.8) is 0 Å². The molecule has 3 aromatic carbocycles. The van der Waals surface area contributed by atoms with E-state index in [0.717, 1.165) is 22.5 Å². The van der Waals surface area contributed by atoms with E-state index in [9.17, 15) is 19.5 Å². The quantitative estimate of drug-likeness (QED) is 0.231. The molecule has 4 heterocycles. The van der Waals surface area contributed by atoms with E-state index in [1.54, 1.807) is 9.58 Å². The standard InChI is InChI=1S/C37H42N6O5Si/c1-25-35(49(2,3)47)33(18-20-41-24-28(19-21-44)38-40-41)48-37(25)30-22-29(43-34(45)17-15-31(39-43)27-12-8-5-9-13-27)14-16-32(30)42(36(37)46)23-26-10-6-4-7-11-26/h4-14,16,22,24-25,33,35,44,47H,15,17-21,23H2,1-3H3/t25-,33+,35-,37+/m1/s1. The molecule has 2 N–H and O–H groups in total. The highest BCUT2D eigenvalue weighted by atomic mass is 28.4. The van der Waals surface area contributed by atoms with Gasteiger partial charge in [-0.2, -0.15) is 5.10 Å². The Labute approximate surface area is 286 Å². The van der Waals surface area contributed by atoms with Crippen molar-refractivity contribution in [3.05, 3.63) is 107 Å². The van der Waals surface area contributed by atoms with Gasteiger partial charge >= 0.3 is 0 Å². The van der Waals surface area contributed by atoms with E-state index in [1.807, 2.05) is 105 Å². The summed E-state index contributed by atoms with van der Waals surface area (Å²) in [5, 5.41) is 24.0. The molecular formula is C37H42N6O5Si. The predicted molar refractivity (Wildman–Crippen MR) is 188 cm³/mol. The van der Waals surface area contributed by atoms with Crippen LogP contribution < -0.4 is 9.91 Å². The van der Waals surface area contributed by atoms with Crippen LogP contribution in [0.25, 0.3) is 0 Å². The molecule has 0 saturated carbocycles. The van der Waals surface area contributed by atoms with Crippen molar-refractivity contribution in [1.29, 1.82) is 0 Å². The number of benzene rings is 3. The fourth-order valence-electron chi connectivity index (χ4n) is 7.92. The molecule has 0 bridgehead atoms. The smallest absolute Gasteiger partial charge is 0.264 e. The lowest BCUT2D eigenvalue weighted by molar-refractivity contribution is -0.146. The first-order valence-electron chi connectivity index (χ1n) is 17.0. The van der Waals surface area contributed by atoms with Gasteiger partial charge in [0.05, 0.1) is 35.4 Å². The number of carbonyl (C=O) groups excluding carboxylic acids is 2. The highest BCUT2D eigenvalue weighted by Gasteiger charge is 2.66. The molecule has 0 aliphatic carbocycles. The summed E-state index contributed by atoms with van der Waals surface area (Å²) in [6.45, 7) is 6.64. The fraction of sp³-hybridized carbons (Fsp3) is 0.378. The number of carbonyl (C=O) groups is 2. The van der Waals surface area contributed by atoms with Crippen LogP contribution in [0.1, 0.15) is 48.6 Å². The maximum Gasteiger partial charge on any atom is 0.264 e. The fourth-order valence-corrected chi connectivity index (χ4v) is 10.5. The molecule has 1 spiro atoms. The molecule has 7 rings (SSSR count). The zero-order valence-electron chi connectivity index (χ0n) is 28.1. The largest absolute Gasteiger partial charge is 0.432 e. The molecule has 0 radical (unpaired) electrons. The van der Waals surface area contributed by atoms with E-state index in [2.05, 4.69) is 10.3 Å². The molecule has 1 saturated heterocycles. The first kappa shape index (κ1) is 33.0. The van der Waals surface area contributed by atoms with Crippen LogP contribution in [-0.4, -0.2) is 63.5 Å². The molecule has 3 aliphatic heterocycles. The minimum Gasteiger partial charge on any atom is -0.432 e. The number of anilines is 2. The molecule has 1 aromatic heterocycles. The third-order valence-corrected chi connectivity index (χ3v) is 12.6. The number of ether oxygens (including phenoxy) is 1. The minimum atomic E-state index is -2.90. The number of fused-ring (bicyclic) bond motifs is 2. The summed E-state index contributed by atoms with van der Waals surface area (Å²) in [5.74, 6) is -0.661. The molecule has 3 aliphatic rings. The number of hydrogen-bond donors (Lipinski definition) is 2. The number of hydrogen-bond acceptors (Lipinski definition) is 8. The van der Waals surface area contributed by atoms with Gasteiger partial charge in [-0.1, -0.05) is 72.8 Å². The summed E-state index contributed by atoms with van der Waals surface area (Å²) in [5.41, 5.74) is 3.79. The molecule has 0 unspecified atom stereocenters. The molecule has 4 aromatic rings. The average Bonchev–Trinajstić information content (AvgIpc) is 3.74. The van der Waals surface area contributed by atoms with E-state index >= 15 is 0 Å². The van der Waals surface area contributed by atoms with Gasteiger partial charge in [-0.25, -0.2) is 5.01 Å². The van der Waals surface area contributed by atoms with Crippen LogP contribution in [0.3, 0.4) is 0 Å². The minimum absolute atomic E-state index is 0.0122. The molecule has 4 atom stereocenters. The lowest BCUT2D eigenvalue weighted by atomic mass is 9.82. The van der Waals surface area contributed by atoms with Crippen LogP contribution >= 0.6 is 0 Å². The third-order valence-electron chi connectivity index (χ3n) is 10.1. The van der Waals surface area contributed by atoms with Crippen LogP contribution in [0.15, 0.2) is 90.2 Å². The Kier molecular flexibility index (Phi) is 8.82. The van der Waals surface area contributed by atoms with Gasteiger partial charge in [-0.05, 0) is 48.8 Å². The lowest BCUT2D eigenvalue weighted by Crippen LogP contribution is -2.46. The van der Waals surface area contributed by atoms with Crippen molar-refractivity contribution in [2.24, 2.45) is 11.0 Å². The van der Waals surface area contributed by atoms with Crippen LogP contribution in [0.4, 0.5) is 11.4 Å². The van der Waals surface area contributed by atoms with E-state index in [-0.39, 0.29) is 29.9 Å². The Morgan fingerprint density at radius 1 is 1.00 bits per heavy atom. The zero-order chi connectivity index (χ0) is 34.3. The Balaban J connectivity index is 1.30. The Morgan fingerprint density at radius 2 is 1.73 bits per heavy atom. The number of amides is 2. The molecule has 254 valence electrons. The maximum absolute atomic E-state index is 14.9. The number of aliphatic hydroxyl groups is 1. The molecule has 1 fully saturated rings. The average molecular weight is 679 g/mol. The van der Waals surface area contributed by atoms with Crippen LogP contribution in [-0.2, 0) is 39.4 Å². The van der Waals surface area contributed by atoms with Crippen molar-refractivity contribution in [2.45, 2.75) is 76.0 Å². The second-order valence-corrected chi connectivity index (χ2v) is 17.8. The Morgan fingerprint density at radius 3 is 2.45 bits per heavy atom.